The van der Waals surface area contributed by atoms with Gasteiger partial charge in [-0.2, -0.15) is 0 Å². The first kappa shape index (κ1) is 31.0. The van der Waals surface area contributed by atoms with Crippen LogP contribution >= 0.6 is 0 Å². The van der Waals surface area contributed by atoms with Gasteiger partial charge in [-0.3, -0.25) is 0 Å². The highest BCUT2D eigenvalue weighted by molar-refractivity contribution is 5.84. The van der Waals surface area contributed by atoms with E-state index < -0.39 is 36.3 Å². The topological polar surface area (TPSA) is 120 Å². The first-order valence-electron chi connectivity index (χ1n) is 13.7. The molecule has 4 aromatic carbocycles. The van der Waals surface area contributed by atoms with Crippen molar-refractivity contribution in [1.29, 1.82) is 0 Å². The molecular formula is C34H33NO8. The summed E-state index contributed by atoms with van der Waals surface area (Å²) in [7, 11) is 0. The van der Waals surface area contributed by atoms with Gasteiger partial charge in [-0.25, -0.2) is 14.4 Å². The predicted molar refractivity (Wildman–Crippen MR) is 157 cm³/mol. The molecule has 9 heteroatoms. The number of esters is 2. The van der Waals surface area contributed by atoms with Crippen LogP contribution < -0.4 is 5.32 Å². The van der Waals surface area contributed by atoms with Crippen LogP contribution in [0.3, 0.4) is 0 Å². The molecule has 43 heavy (non-hydrogen) atoms. The molecule has 0 fully saturated rings. The molecule has 0 saturated heterocycles. The van der Waals surface area contributed by atoms with Crippen molar-refractivity contribution in [2.24, 2.45) is 0 Å². The maximum Gasteiger partial charge on any atom is 0.408 e. The number of carbonyl (C=O) groups excluding carboxylic acids is 3. The van der Waals surface area contributed by atoms with Crippen LogP contribution in [-0.2, 0) is 55.0 Å². The van der Waals surface area contributed by atoms with E-state index in [0.29, 0.717) is 16.7 Å². The van der Waals surface area contributed by atoms with Gasteiger partial charge in [0.25, 0.3) is 0 Å². The van der Waals surface area contributed by atoms with E-state index in [1.165, 1.54) is 0 Å². The van der Waals surface area contributed by atoms with Crippen molar-refractivity contribution >= 4 is 18.0 Å². The van der Waals surface area contributed by atoms with Crippen molar-refractivity contribution < 1.29 is 38.4 Å². The van der Waals surface area contributed by atoms with Gasteiger partial charge in [0.2, 0.25) is 0 Å². The summed E-state index contributed by atoms with van der Waals surface area (Å²) in [6, 6.07) is 34.2. The minimum absolute atomic E-state index is 0.0737. The lowest BCUT2D eigenvalue weighted by Crippen LogP contribution is -2.56. The average molecular weight is 584 g/mol. The van der Waals surface area contributed by atoms with Crippen LogP contribution in [0.25, 0.3) is 0 Å². The quantitative estimate of drug-likeness (QED) is 0.162. The van der Waals surface area contributed by atoms with Gasteiger partial charge in [-0.1, -0.05) is 121 Å². The number of aliphatic hydroxyl groups excluding tert-OH is 1. The second-order valence-electron chi connectivity index (χ2n) is 9.58. The molecular weight excluding hydrogens is 550 g/mol. The van der Waals surface area contributed by atoms with Gasteiger partial charge >= 0.3 is 18.0 Å². The smallest absolute Gasteiger partial charge is 0.408 e. The SMILES string of the molecule is O=C(N[C@H](C(=O)OCc1ccccc1)[C@H](OCc1ccccc1)[C@H](O)C(=O)OCc1ccccc1)OCc1ccccc1. The van der Waals surface area contributed by atoms with Gasteiger partial charge in [0.1, 0.15) is 25.9 Å². The van der Waals surface area contributed by atoms with Crippen LogP contribution in [0.15, 0.2) is 121 Å². The van der Waals surface area contributed by atoms with Gasteiger partial charge in [0.15, 0.2) is 12.1 Å². The lowest BCUT2D eigenvalue weighted by Gasteiger charge is -2.29. The zero-order valence-electron chi connectivity index (χ0n) is 23.4. The minimum Gasteiger partial charge on any atom is -0.459 e. The molecule has 4 rings (SSSR count). The van der Waals surface area contributed by atoms with E-state index in [9.17, 15) is 19.5 Å². The predicted octanol–water partition coefficient (Wildman–Crippen LogP) is 4.71. The Bertz CT molecular complexity index is 1420. The number of hydrogen-bond donors (Lipinski definition) is 2. The molecule has 0 saturated carbocycles. The van der Waals surface area contributed by atoms with E-state index in [1.54, 1.807) is 97.1 Å². The molecule has 0 unspecified atom stereocenters. The van der Waals surface area contributed by atoms with E-state index in [-0.39, 0.29) is 26.4 Å². The lowest BCUT2D eigenvalue weighted by molar-refractivity contribution is -0.171. The number of ether oxygens (including phenoxy) is 4. The molecule has 0 spiro atoms. The van der Waals surface area contributed by atoms with E-state index in [4.69, 9.17) is 18.9 Å². The third-order valence-corrected chi connectivity index (χ3v) is 6.35. The van der Waals surface area contributed by atoms with Crippen LogP contribution in [-0.4, -0.2) is 41.4 Å². The third-order valence-electron chi connectivity index (χ3n) is 6.35. The second-order valence-corrected chi connectivity index (χ2v) is 9.58. The Labute approximate surface area is 250 Å². The first-order chi connectivity index (χ1) is 21.0. The molecule has 0 aromatic heterocycles. The third kappa shape index (κ3) is 10.1. The van der Waals surface area contributed by atoms with Gasteiger partial charge in [0, 0.05) is 0 Å². The molecule has 0 heterocycles. The summed E-state index contributed by atoms with van der Waals surface area (Å²) in [6.45, 7) is -0.387. The van der Waals surface area contributed by atoms with Crippen LogP contribution in [0.1, 0.15) is 22.3 Å². The Hall–Kier alpha value is -4.99. The van der Waals surface area contributed by atoms with E-state index >= 15 is 0 Å². The maximum atomic E-state index is 13.4. The Morgan fingerprint density at radius 2 is 0.907 bits per heavy atom. The number of hydrogen-bond acceptors (Lipinski definition) is 8. The summed E-state index contributed by atoms with van der Waals surface area (Å²) in [4.78, 5) is 39.4. The largest absolute Gasteiger partial charge is 0.459 e. The molecule has 9 nitrogen and oxygen atoms in total. The van der Waals surface area contributed by atoms with Gasteiger partial charge < -0.3 is 29.4 Å². The highest BCUT2D eigenvalue weighted by Gasteiger charge is 2.41. The number of rotatable bonds is 14. The molecule has 1 amide bonds. The molecule has 4 aromatic rings. The summed E-state index contributed by atoms with van der Waals surface area (Å²) < 4.78 is 22.1. The van der Waals surface area contributed by atoms with Crippen molar-refractivity contribution in [2.45, 2.75) is 44.7 Å². The fourth-order valence-electron chi connectivity index (χ4n) is 4.07. The van der Waals surface area contributed by atoms with E-state index in [0.717, 1.165) is 5.56 Å². The number of carbonyl (C=O) groups is 3. The maximum absolute atomic E-state index is 13.4. The normalized spacial score (nSPS) is 12.8. The number of aliphatic hydroxyl groups is 1. The van der Waals surface area contributed by atoms with Crippen molar-refractivity contribution in [3.63, 3.8) is 0 Å². The molecule has 0 aliphatic carbocycles. The van der Waals surface area contributed by atoms with E-state index in [1.807, 2.05) is 24.3 Å². The van der Waals surface area contributed by atoms with Gasteiger partial charge in [-0.15, -0.1) is 0 Å². The van der Waals surface area contributed by atoms with Crippen molar-refractivity contribution in [1.82, 2.24) is 5.32 Å². The molecule has 2 N–H and O–H groups in total. The summed E-state index contributed by atoms with van der Waals surface area (Å²) in [5.41, 5.74) is 2.83. The molecule has 0 aliphatic heterocycles. The number of amides is 1. The molecule has 222 valence electrons. The van der Waals surface area contributed by atoms with E-state index in [2.05, 4.69) is 5.32 Å². The Morgan fingerprint density at radius 3 is 1.35 bits per heavy atom. The highest BCUT2D eigenvalue weighted by Crippen LogP contribution is 2.16. The average Bonchev–Trinajstić information content (AvgIpc) is 3.06. The minimum atomic E-state index is -1.96. The highest BCUT2D eigenvalue weighted by atomic mass is 16.6. The zero-order chi connectivity index (χ0) is 30.3. The van der Waals surface area contributed by atoms with Crippen LogP contribution in [0.4, 0.5) is 4.79 Å². The van der Waals surface area contributed by atoms with Crippen molar-refractivity contribution in [3.8, 4) is 0 Å². The fourth-order valence-corrected chi connectivity index (χ4v) is 4.07. The van der Waals surface area contributed by atoms with Crippen LogP contribution in [0, 0.1) is 0 Å². The first-order valence-corrected chi connectivity index (χ1v) is 13.7. The monoisotopic (exact) mass is 583 g/mol. The fraction of sp³-hybridized carbons (Fsp3) is 0.206. The lowest BCUT2D eigenvalue weighted by atomic mass is 10.0. The Balaban J connectivity index is 1.54. The second kappa shape index (κ2) is 16.5. The Morgan fingerprint density at radius 1 is 0.535 bits per heavy atom. The van der Waals surface area contributed by atoms with Gasteiger partial charge in [0.05, 0.1) is 6.61 Å². The van der Waals surface area contributed by atoms with Gasteiger partial charge in [-0.05, 0) is 22.3 Å². The molecule has 0 aliphatic rings. The summed E-state index contributed by atoms with van der Waals surface area (Å²) in [5, 5.41) is 13.6. The molecule has 3 atom stereocenters. The Kier molecular flexibility index (Phi) is 11.8. The van der Waals surface area contributed by atoms with Crippen LogP contribution in [0.5, 0.6) is 0 Å². The van der Waals surface area contributed by atoms with Crippen LogP contribution in [0.2, 0.25) is 0 Å². The van der Waals surface area contributed by atoms with Crippen molar-refractivity contribution in [2.75, 3.05) is 0 Å². The zero-order valence-corrected chi connectivity index (χ0v) is 23.4. The summed E-state index contributed by atoms with van der Waals surface area (Å²) >= 11 is 0. The standard InChI is InChI=1S/C34H33NO8/c36-30(33(38)42-23-27-17-9-3-10-18-27)31(40-21-25-13-5-1-6-14-25)29(32(37)41-22-26-15-7-2-8-16-26)35-34(39)43-24-28-19-11-4-12-20-28/h1-20,29-31,36H,21-24H2,(H,35,39)/t29-,30-,31-/m0/s1. The summed E-state index contributed by atoms with van der Waals surface area (Å²) in [6.07, 6.45) is -4.52. The number of nitrogens with one attached hydrogen (secondary N) is 1. The molecule has 0 bridgehead atoms. The number of alkyl carbamates (subject to hydrolysis) is 1. The van der Waals surface area contributed by atoms with Crippen molar-refractivity contribution in [3.05, 3.63) is 144 Å². The molecule has 0 radical (unpaired) electrons. The number of benzene rings is 4. The summed E-state index contributed by atoms with van der Waals surface area (Å²) in [5.74, 6) is -1.98.